The molecule has 1 fully saturated rings. The van der Waals surface area contributed by atoms with Crippen molar-refractivity contribution in [2.75, 3.05) is 31.1 Å². The molecule has 1 aliphatic rings. The van der Waals surface area contributed by atoms with Gasteiger partial charge in [-0.05, 0) is 25.0 Å². The Hall–Kier alpha value is -1.22. The van der Waals surface area contributed by atoms with Gasteiger partial charge in [0.05, 0.1) is 0 Å². The molecule has 3 nitrogen and oxygen atoms in total. The molecule has 0 unspecified atom stereocenters. The second-order valence-electron chi connectivity index (χ2n) is 4.54. The first-order valence-corrected chi connectivity index (χ1v) is 6.58. The Morgan fingerprint density at radius 1 is 1.12 bits per heavy atom. The lowest BCUT2D eigenvalue weighted by Gasteiger charge is -2.23. The van der Waals surface area contributed by atoms with Gasteiger partial charge in [0.15, 0.2) is 0 Å². The third-order valence-electron chi connectivity index (χ3n) is 3.18. The molecule has 3 heteroatoms. The molecule has 0 aromatic heterocycles. The summed E-state index contributed by atoms with van der Waals surface area (Å²) >= 11 is 0. The van der Waals surface area contributed by atoms with Crippen LogP contribution in [0.15, 0.2) is 24.3 Å². The molecule has 1 aliphatic heterocycles. The molecule has 1 aromatic carbocycles. The first kappa shape index (κ1) is 12.2. The Morgan fingerprint density at radius 3 is 2.59 bits per heavy atom. The van der Waals surface area contributed by atoms with Crippen LogP contribution in [0, 0.1) is 0 Å². The maximum absolute atomic E-state index is 5.57. The predicted octanol–water partition coefficient (Wildman–Crippen LogP) is 2.40. The molecule has 0 amide bonds. The van der Waals surface area contributed by atoms with Crippen LogP contribution in [0.25, 0.3) is 0 Å². The number of rotatable bonds is 4. The van der Waals surface area contributed by atoms with Gasteiger partial charge < -0.3 is 15.4 Å². The van der Waals surface area contributed by atoms with Gasteiger partial charge >= 0.3 is 0 Å². The van der Waals surface area contributed by atoms with E-state index in [0.717, 1.165) is 5.75 Å². The topological polar surface area (TPSA) is 38.5 Å². The third-order valence-corrected chi connectivity index (χ3v) is 3.18. The summed E-state index contributed by atoms with van der Waals surface area (Å²) in [5.74, 6) is 0.928. The standard InChI is InChI=1S/C14H22N2O/c15-8-11-17-14-7-5-6-13(12-14)16-9-3-1-2-4-10-16/h5-7,12H,1-4,8-11,15H2. The fraction of sp³-hybridized carbons (Fsp3) is 0.571. The highest BCUT2D eigenvalue weighted by molar-refractivity contribution is 5.50. The lowest BCUT2D eigenvalue weighted by Crippen LogP contribution is -2.23. The zero-order chi connectivity index (χ0) is 11.9. The second-order valence-corrected chi connectivity index (χ2v) is 4.54. The normalized spacial score (nSPS) is 16.6. The van der Waals surface area contributed by atoms with E-state index < -0.39 is 0 Å². The van der Waals surface area contributed by atoms with Crippen molar-refractivity contribution >= 4 is 5.69 Å². The lowest BCUT2D eigenvalue weighted by molar-refractivity contribution is 0.328. The Labute approximate surface area is 104 Å². The van der Waals surface area contributed by atoms with Crippen molar-refractivity contribution in [3.63, 3.8) is 0 Å². The Kier molecular flexibility index (Phi) is 4.68. The van der Waals surface area contributed by atoms with Crippen molar-refractivity contribution < 1.29 is 4.74 Å². The van der Waals surface area contributed by atoms with Gasteiger partial charge in [0.2, 0.25) is 0 Å². The van der Waals surface area contributed by atoms with Gasteiger partial charge in [0, 0.05) is 31.4 Å². The fourth-order valence-electron chi connectivity index (χ4n) is 2.28. The van der Waals surface area contributed by atoms with Crippen molar-refractivity contribution in [3.8, 4) is 5.75 Å². The summed E-state index contributed by atoms with van der Waals surface area (Å²) < 4.78 is 5.57. The Balaban J connectivity index is 2.03. The lowest BCUT2D eigenvalue weighted by atomic mass is 10.2. The molecule has 94 valence electrons. The highest BCUT2D eigenvalue weighted by Crippen LogP contribution is 2.23. The molecule has 1 saturated heterocycles. The molecule has 0 aliphatic carbocycles. The Morgan fingerprint density at radius 2 is 1.88 bits per heavy atom. The van der Waals surface area contributed by atoms with Crippen LogP contribution in [-0.4, -0.2) is 26.2 Å². The molecular weight excluding hydrogens is 212 g/mol. The molecule has 0 spiro atoms. The van der Waals surface area contributed by atoms with E-state index in [1.54, 1.807) is 0 Å². The van der Waals surface area contributed by atoms with E-state index in [1.807, 2.05) is 6.07 Å². The van der Waals surface area contributed by atoms with Gasteiger partial charge in [-0.15, -0.1) is 0 Å². The van der Waals surface area contributed by atoms with Crippen molar-refractivity contribution in [2.24, 2.45) is 5.73 Å². The van der Waals surface area contributed by atoms with Crippen LogP contribution in [-0.2, 0) is 0 Å². The van der Waals surface area contributed by atoms with Gasteiger partial charge in [-0.25, -0.2) is 0 Å². The van der Waals surface area contributed by atoms with Crippen LogP contribution in [0.5, 0.6) is 5.75 Å². The summed E-state index contributed by atoms with van der Waals surface area (Å²) in [4.78, 5) is 2.46. The molecule has 17 heavy (non-hydrogen) atoms. The maximum Gasteiger partial charge on any atom is 0.121 e. The molecule has 1 aromatic rings. The molecule has 2 rings (SSSR count). The van der Waals surface area contributed by atoms with Gasteiger partial charge in [-0.3, -0.25) is 0 Å². The summed E-state index contributed by atoms with van der Waals surface area (Å²) in [5.41, 5.74) is 6.72. The van der Waals surface area contributed by atoms with E-state index in [9.17, 15) is 0 Å². The average Bonchev–Trinajstić information content (AvgIpc) is 2.65. The number of benzene rings is 1. The minimum Gasteiger partial charge on any atom is -0.492 e. The van der Waals surface area contributed by atoms with Crippen LogP contribution in [0.4, 0.5) is 5.69 Å². The summed E-state index contributed by atoms with van der Waals surface area (Å²) in [6.07, 6.45) is 5.32. The summed E-state index contributed by atoms with van der Waals surface area (Å²) in [6.45, 7) is 3.48. The number of ether oxygens (including phenoxy) is 1. The zero-order valence-corrected chi connectivity index (χ0v) is 10.4. The molecule has 0 saturated carbocycles. The van der Waals surface area contributed by atoms with Crippen LogP contribution in [0.2, 0.25) is 0 Å². The second kappa shape index (κ2) is 6.50. The van der Waals surface area contributed by atoms with Crippen LogP contribution in [0.3, 0.4) is 0 Å². The monoisotopic (exact) mass is 234 g/mol. The smallest absolute Gasteiger partial charge is 0.121 e. The number of anilines is 1. The van der Waals surface area contributed by atoms with Crippen molar-refractivity contribution in [1.82, 2.24) is 0 Å². The molecule has 0 radical (unpaired) electrons. The van der Waals surface area contributed by atoms with Crippen LogP contribution < -0.4 is 15.4 Å². The van der Waals surface area contributed by atoms with Crippen molar-refractivity contribution in [1.29, 1.82) is 0 Å². The van der Waals surface area contributed by atoms with Crippen molar-refractivity contribution in [3.05, 3.63) is 24.3 Å². The Bertz CT molecular complexity index is 333. The van der Waals surface area contributed by atoms with E-state index in [2.05, 4.69) is 23.1 Å². The highest BCUT2D eigenvalue weighted by atomic mass is 16.5. The third kappa shape index (κ3) is 3.63. The molecule has 0 atom stereocenters. The van der Waals surface area contributed by atoms with E-state index in [-0.39, 0.29) is 0 Å². The van der Waals surface area contributed by atoms with Crippen LogP contribution >= 0.6 is 0 Å². The van der Waals surface area contributed by atoms with Crippen molar-refractivity contribution in [2.45, 2.75) is 25.7 Å². The first-order valence-electron chi connectivity index (χ1n) is 6.58. The molecular formula is C14H22N2O. The summed E-state index contributed by atoms with van der Waals surface area (Å²) in [7, 11) is 0. The van der Waals surface area contributed by atoms with Crippen LogP contribution in [0.1, 0.15) is 25.7 Å². The van der Waals surface area contributed by atoms with Gasteiger partial charge in [0.1, 0.15) is 12.4 Å². The molecule has 1 heterocycles. The minimum absolute atomic E-state index is 0.563. The largest absolute Gasteiger partial charge is 0.492 e. The number of nitrogens with zero attached hydrogens (tertiary/aromatic N) is 1. The summed E-state index contributed by atoms with van der Waals surface area (Å²) in [5, 5.41) is 0. The average molecular weight is 234 g/mol. The molecule has 2 N–H and O–H groups in total. The number of hydrogen-bond donors (Lipinski definition) is 1. The maximum atomic E-state index is 5.57. The molecule has 0 bridgehead atoms. The SMILES string of the molecule is NCCOc1cccc(N2CCCCCC2)c1. The number of nitrogens with two attached hydrogens (primary N) is 1. The van der Waals surface area contributed by atoms with Gasteiger partial charge in [0.25, 0.3) is 0 Å². The zero-order valence-electron chi connectivity index (χ0n) is 10.4. The summed E-state index contributed by atoms with van der Waals surface area (Å²) in [6, 6.07) is 8.35. The van der Waals surface area contributed by atoms with Gasteiger partial charge in [-0.2, -0.15) is 0 Å². The first-order chi connectivity index (χ1) is 8.40. The quantitative estimate of drug-likeness (QED) is 0.869. The predicted molar refractivity (Wildman–Crippen MR) is 71.7 cm³/mol. The van der Waals surface area contributed by atoms with E-state index in [4.69, 9.17) is 10.5 Å². The van der Waals surface area contributed by atoms with E-state index in [1.165, 1.54) is 44.5 Å². The highest BCUT2D eigenvalue weighted by Gasteiger charge is 2.10. The fourth-order valence-corrected chi connectivity index (χ4v) is 2.28. The van der Waals surface area contributed by atoms with E-state index >= 15 is 0 Å². The van der Waals surface area contributed by atoms with Gasteiger partial charge in [-0.1, -0.05) is 18.9 Å². The number of hydrogen-bond acceptors (Lipinski definition) is 3. The minimum atomic E-state index is 0.563. The van der Waals surface area contributed by atoms with E-state index in [0.29, 0.717) is 13.2 Å².